The van der Waals surface area contributed by atoms with E-state index in [2.05, 4.69) is 5.32 Å². The molecule has 2 rings (SSSR count). The Bertz CT molecular complexity index is 1110. The first-order valence-electron chi connectivity index (χ1n) is 11.6. The molecule has 0 aliphatic rings. The second kappa shape index (κ2) is 12.3. The quantitative estimate of drug-likeness (QED) is 0.172. The van der Waals surface area contributed by atoms with Crippen molar-refractivity contribution in [1.82, 2.24) is 10.6 Å². The third-order valence-corrected chi connectivity index (χ3v) is 5.65. The van der Waals surface area contributed by atoms with Crippen LogP contribution in [0.25, 0.3) is 0 Å². The summed E-state index contributed by atoms with van der Waals surface area (Å²) in [6.45, 7) is 5.86. The van der Waals surface area contributed by atoms with E-state index < -0.39 is 53.0 Å². The SMILES string of the molecule is CCC[C@H](O)[C@H](CNCc1ccc(C)cc1C)NC(=O)C(F)(F)C(=O)Nc1cc(N)cc(C(F)(F)F)c1. The number of hydrogen-bond donors (Lipinski definition) is 5. The van der Waals surface area contributed by atoms with Crippen LogP contribution in [0.15, 0.2) is 36.4 Å². The Morgan fingerprint density at radius 1 is 1.03 bits per heavy atom. The van der Waals surface area contributed by atoms with Crippen molar-refractivity contribution in [3.63, 3.8) is 0 Å². The molecule has 0 saturated carbocycles. The second-order valence-corrected chi connectivity index (χ2v) is 8.87. The summed E-state index contributed by atoms with van der Waals surface area (Å²) in [7, 11) is 0. The van der Waals surface area contributed by atoms with E-state index >= 15 is 0 Å². The van der Waals surface area contributed by atoms with Crippen LogP contribution in [0.4, 0.5) is 33.3 Å². The fourth-order valence-electron chi connectivity index (χ4n) is 3.65. The molecule has 0 aromatic heterocycles. The van der Waals surface area contributed by atoms with Gasteiger partial charge in [-0.05, 0) is 49.6 Å². The lowest BCUT2D eigenvalue weighted by atomic mass is 10.0. The summed E-state index contributed by atoms with van der Waals surface area (Å²) >= 11 is 0. The molecule has 0 saturated heterocycles. The van der Waals surface area contributed by atoms with Crippen LogP contribution < -0.4 is 21.7 Å². The molecule has 12 heteroatoms. The summed E-state index contributed by atoms with van der Waals surface area (Å²) in [5.41, 5.74) is 6.06. The number of hydrogen-bond acceptors (Lipinski definition) is 5. The molecule has 0 bridgehead atoms. The van der Waals surface area contributed by atoms with E-state index in [4.69, 9.17) is 5.73 Å². The number of halogens is 5. The number of amides is 2. The van der Waals surface area contributed by atoms with Gasteiger partial charge in [-0.15, -0.1) is 0 Å². The molecule has 204 valence electrons. The van der Waals surface area contributed by atoms with Gasteiger partial charge in [0.15, 0.2) is 0 Å². The maximum Gasteiger partial charge on any atom is 0.416 e. The van der Waals surface area contributed by atoms with E-state index in [0.29, 0.717) is 25.1 Å². The highest BCUT2D eigenvalue weighted by Gasteiger charge is 2.48. The number of alkyl halides is 5. The van der Waals surface area contributed by atoms with E-state index in [0.717, 1.165) is 22.8 Å². The first-order chi connectivity index (χ1) is 17.1. The first kappa shape index (κ1) is 30.0. The van der Waals surface area contributed by atoms with Crippen molar-refractivity contribution in [2.45, 2.75) is 64.4 Å². The summed E-state index contributed by atoms with van der Waals surface area (Å²) in [4.78, 5) is 24.5. The predicted molar refractivity (Wildman–Crippen MR) is 130 cm³/mol. The van der Waals surface area contributed by atoms with Gasteiger partial charge < -0.3 is 26.8 Å². The molecular weight excluding hydrogens is 499 g/mol. The molecule has 2 aromatic carbocycles. The highest BCUT2D eigenvalue weighted by atomic mass is 19.4. The number of aryl methyl sites for hydroxylation is 2. The smallest absolute Gasteiger partial charge is 0.399 e. The number of carbonyl (C=O) groups is 2. The van der Waals surface area contributed by atoms with E-state index in [1.165, 1.54) is 0 Å². The molecule has 6 N–H and O–H groups in total. The van der Waals surface area contributed by atoms with Crippen molar-refractivity contribution in [3.05, 3.63) is 58.7 Å². The van der Waals surface area contributed by atoms with Gasteiger partial charge in [-0.1, -0.05) is 37.1 Å². The monoisotopic (exact) mass is 530 g/mol. The molecule has 7 nitrogen and oxygen atoms in total. The van der Waals surface area contributed by atoms with Crippen LogP contribution in [0.1, 0.15) is 42.0 Å². The standard InChI is InChI=1S/C25H31F5N4O3/c1-4-5-21(35)20(13-32-12-16-7-6-14(2)8-15(16)3)34-23(37)24(26,27)22(36)33-19-10-17(25(28,29)30)9-18(31)11-19/h6-11,20-21,32,35H,4-5,12-13,31H2,1-3H3,(H,33,36)(H,34,37)/t20-,21-/m0/s1. The van der Waals surface area contributed by atoms with Crippen LogP contribution in [0, 0.1) is 13.8 Å². The largest absolute Gasteiger partial charge is 0.416 e. The maximum atomic E-state index is 14.6. The highest BCUT2D eigenvalue weighted by molar-refractivity contribution is 6.12. The number of nitrogens with one attached hydrogen (secondary N) is 3. The summed E-state index contributed by atoms with van der Waals surface area (Å²) in [6.07, 6.45) is -5.33. The normalized spacial score (nSPS) is 13.6. The molecule has 0 unspecified atom stereocenters. The molecule has 0 radical (unpaired) electrons. The number of aliphatic hydroxyl groups excluding tert-OH is 1. The molecule has 0 aliphatic heterocycles. The van der Waals surface area contributed by atoms with Gasteiger partial charge in [0.05, 0.1) is 17.7 Å². The Kier molecular flexibility index (Phi) is 9.99. The molecular formula is C25H31F5N4O3. The van der Waals surface area contributed by atoms with Crippen molar-refractivity contribution in [1.29, 1.82) is 0 Å². The zero-order valence-corrected chi connectivity index (χ0v) is 20.7. The molecule has 0 spiro atoms. The van der Waals surface area contributed by atoms with Gasteiger partial charge in [0.1, 0.15) is 0 Å². The van der Waals surface area contributed by atoms with Crippen LogP contribution in [0.2, 0.25) is 0 Å². The van der Waals surface area contributed by atoms with Crippen molar-refractivity contribution in [2.75, 3.05) is 17.6 Å². The minimum atomic E-state index is -4.83. The Morgan fingerprint density at radius 2 is 1.70 bits per heavy atom. The average molecular weight is 531 g/mol. The molecule has 0 heterocycles. The lowest BCUT2D eigenvalue weighted by Crippen LogP contribution is -2.56. The molecule has 0 aliphatic carbocycles. The van der Waals surface area contributed by atoms with Crippen LogP contribution >= 0.6 is 0 Å². The molecule has 2 amide bonds. The molecule has 37 heavy (non-hydrogen) atoms. The van der Waals surface area contributed by atoms with Gasteiger partial charge in [0.2, 0.25) is 0 Å². The predicted octanol–water partition coefficient (Wildman–Crippen LogP) is 3.91. The highest BCUT2D eigenvalue weighted by Crippen LogP contribution is 2.33. The zero-order chi connectivity index (χ0) is 28.0. The lowest BCUT2D eigenvalue weighted by molar-refractivity contribution is -0.157. The van der Waals surface area contributed by atoms with E-state index in [1.54, 1.807) is 12.2 Å². The number of anilines is 2. The number of rotatable bonds is 11. The zero-order valence-electron chi connectivity index (χ0n) is 20.7. The van der Waals surface area contributed by atoms with Gasteiger partial charge in [-0.3, -0.25) is 9.59 Å². The Morgan fingerprint density at radius 3 is 2.30 bits per heavy atom. The average Bonchev–Trinajstić information content (AvgIpc) is 2.78. The minimum absolute atomic E-state index is 0.0813. The molecule has 2 atom stereocenters. The summed E-state index contributed by atoms with van der Waals surface area (Å²) in [5, 5.41) is 17.0. The molecule has 0 fully saturated rings. The Labute approximate surface area is 211 Å². The number of carbonyl (C=O) groups excluding carboxylic acids is 2. The summed E-state index contributed by atoms with van der Waals surface area (Å²) in [5.74, 6) is -8.80. The summed E-state index contributed by atoms with van der Waals surface area (Å²) < 4.78 is 68.2. The third-order valence-electron chi connectivity index (χ3n) is 5.65. The topological polar surface area (TPSA) is 116 Å². The van der Waals surface area contributed by atoms with Crippen molar-refractivity contribution in [2.24, 2.45) is 0 Å². The first-order valence-corrected chi connectivity index (χ1v) is 11.6. The van der Waals surface area contributed by atoms with Gasteiger partial charge in [-0.2, -0.15) is 22.0 Å². The fraction of sp³-hybridized carbons (Fsp3) is 0.440. The van der Waals surface area contributed by atoms with Gasteiger partial charge in [0.25, 0.3) is 0 Å². The lowest BCUT2D eigenvalue weighted by Gasteiger charge is -2.26. The fourth-order valence-corrected chi connectivity index (χ4v) is 3.65. The Hall–Kier alpha value is -3.25. The van der Waals surface area contributed by atoms with Gasteiger partial charge in [-0.25, -0.2) is 0 Å². The van der Waals surface area contributed by atoms with Gasteiger partial charge in [0, 0.05) is 24.5 Å². The number of benzene rings is 2. The van der Waals surface area contributed by atoms with Crippen LogP contribution in [0.3, 0.4) is 0 Å². The van der Waals surface area contributed by atoms with E-state index in [-0.39, 0.29) is 13.0 Å². The van der Waals surface area contributed by atoms with Crippen molar-refractivity contribution >= 4 is 23.2 Å². The Balaban J connectivity index is 2.11. The van der Waals surface area contributed by atoms with Crippen molar-refractivity contribution in [3.8, 4) is 0 Å². The minimum Gasteiger partial charge on any atom is -0.399 e. The van der Waals surface area contributed by atoms with Crippen LogP contribution in [-0.4, -0.2) is 41.5 Å². The van der Waals surface area contributed by atoms with Crippen LogP contribution in [-0.2, 0) is 22.3 Å². The third kappa shape index (κ3) is 8.39. The molecule has 2 aromatic rings. The van der Waals surface area contributed by atoms with E-state index in [9.17, 15) is 36.6 Å². The van der Waals surface area contributed by atoms with E-state index in [1.807, 2.05) is 37.4 Å². The van der Waals surface area contributed by atoms with Gasteiger partial charge >= 0.3 is 23.9 Å². The second-order valence-electron chi connectivity index (χ2n) is 8.87. The number of aliphatic hydroxyl groups is 1. The number of nitrogens with two attached hydrogens (primary N) is 1. The maximum absolute atomic E-state index is 14.6. The summed E-state index contributed by atoms with van der Waals surface area (Å²) in [6, 6.07) is 6.46. The van der Waals surface area contributed by atoms with Crippen LogP contribution in [0.5, 0.6) is 0 Å². The number of nitrogen functional groups attached to an aromatic ring is 1. The van der Waals surface area contributed by atoms with Crippen molar-refractivity contribution < 1.29 is 36.6 Å².